The predicted octanol–water partition coefficient (Wildman–Crippen LogP) is 3.44. The SMILES string of the molecule is Cc1ccnc(NS(=O)(=O)c2ccc(NC(=O)c3ccc(I)cc3)cc2)n1. The van der Waals surface area contributed by atoms with Crippen LogP contribution in [-0.2, 0) is 10.0 Å². The third-order valence-corrected chi connectivity index (χ3v) is 5.61. The molecule has 0 spiro atoms. The lowest BCUT2D eigenvalue weighted by atomic mass is 10.2. The van der Waals surface area contributed by atoms with Gasteiger partial charge in [0.2, 0.25) is 5.95 Å². The molecule has 1 amide bonds. The molecule has 0 unspecified atom stereocenters. The molecule has 7 nitrogen and oxygen atoms in total. The van der Waals surface area contributed by atoms with Gasteiger partial charge in [0.1, 0.15) is 0 Å². The van der Waals surface area contributed by atoms with E-state index in [0.717, 1.165) is 3.57 Å². The number of anilines is 2. The van der Waals surface area contributed by atoms with Gasteiger partial charge in [-0.05, 0) is 84.1 Å². The molecule has 0 aliphatic heterocycles. The van der Waals surface area contributed by atoms with Crippen LogP contribution in [0.4, 0.5) is 11.6 Å². The first kappa shape index (κ1) is 19.2. The smallest absolute Gasteiger partial charge is 0.264 e. The first-order valence-corrected chi connectivity index (χ1v) is 10.4. The van der Waals surface area contributed by atoms with E-state index < -0.39 is 10.0 Å². The van der Waals surface area contributed by atoms with E-state index in [1.54, 1.807) is 25.1 Å². The predicted molar refractivity (Wildman–Crippen MR) is 111 cm³/mol. The van der Waals surface area contributed by atoms with Gasteiger partial charge < -0.3 is 5.32 Å². The average Bonchev–Trinajstić information content (AvgIpc) is 2.62. The maximum atomic E-state index is 12.4. The number of nitrogens with zero attached hydrogens (tertiary/aromatic N) is 2. The summed E-state index contributed by atoms with van der Waals surface area (Å²) < 4.78 is 28.2. The lowest BCUT2D eigenvalue weighted by molar-refractivity contribution is 0.102. The summed E-state index contributed by atoms with van der Waals surface area (Å²) in [6.45, 7) is 1.74. The quantitative estimate of drug-likeness (QED) is 0.530. The van der Waals surface area contributed by atoms with Crippen molar-refractivity contribution in [1.29, 1.82) is 0 Å². The van der Waals surface area contributed by atoms with Crippen LogP contribution in [0.2, 0.25) is 0 Å². The first-order chi connectivity index (χ1) is 12.8. The number of rotatable bonds is 5. The number of hydrogen-bond acceptors (Lipinski definition) is 5. The van der Waals surface area contributed by atoms with E-state index in [4.69, 9.17) is 0 Å². The Hall–Kier alpha value is -2.53. The molecule has 0 saturated carbocycles. The van der Waals surface area contributed by atoms with Crippen LogP contribution in [0, 0.1) is 10.5 Å². The molecular formula is C18H15IN4O3S. The van der Waals surface area contributed by atoms with Crippen LogP contribution in [0.3, 0.4) is 0 Å². The first-order valence-electron chi connectivity index (χ1n) is 7.83. The Labute approximate surface area is 170 Å². The molecule has 2 aromatic carbocycles. The molecular weight excluding hydrogens is 479 g/mol. The second-order valence-electron chi connectivity index (χ2n) is 5.61. The van der Waals surface area contributed by atoms with Crippen LogP contribution in [0.25, 0.3) is 0 Å². The fourth-order valence-corrected chi connectivity index (χ4v) is 3.51. The van der Waals surface area contributed by atoms with E-state index in [-0.39, 0.29) is 16.8 Å². The monoisotopic (exact) mass is 494 g/mol. The van der Waals surface area contributed by atoms with Gasteiger partial charge in [0, 0.05) is 26.7 Å². The van der Waals surface area contributed by atoms with Crippen molar-refractivity contribution in [1.82, 2.24) is 9.97 Å². The van der Waals surface area contributed by atoms with Gasteiger partial charge in [-0.15, -0.1) is 0 Å². The van der Waals surface area contributed by atoms with Gasteiger partial charge in [-0.3, -0.25) is 4.79 Å². The third-order valence-electron chi connectivity index (χ3n) is 3.55. The molecule has 1 heterocycles. The Morgan fingerprint density at radius 3 is 2.30 bits per heavy atom. The van der Waals surface area contributed by atoms with Crippen molar-refractivity contribution in [3.05, 3.63) is 75.6 Å². The number of halogens is 1. The number of benzene rings is 2. The standard InChI is InChI=1S/C18H15IN4O3S/c1-12-10-11-20-18(21-12)23-27(25,26)16-8-6-15(7-9-16)22-17(24)13-2-4-14(19)5-3-13/h2-11H,1H3,(H,22,24)(H,20,21,23). The molecule has 0 aliphatic rings. The maximum absolute atomic E-state index is 12.4. The summed E-state index contributed by atoms with van der Waals surface area (Å²) in [6, 6.07) is 14.6. The van der Waals surface area contributed by atoms with Crippen molar-refractivity contribution in [3.63, 3.8) is 0 Å². The van der Waals surface area contributed by atoms with Gasteiger partial charge in [0.05, 0.1) is 4.90 Å². The minimum Gasteiger partial charge on any atom is -0.322 e. The second kappa shape index (κ2) is 8.01. The number of aromatic nitrogens is 2. The lowest BCUT2D eigenvalue weighted by Gasteiger charge is -2.09. The molecule has 0 aliphatic carbocycles. The summed E-state index contributed by atoms with van der Waals surface area (Å²) in [5.74, 6) is -0.264. The van der Waals surface area contributed by atoms with E-state index in [0.29, 0.717) is 16.9 Å². The Morgan fingerprint density at radius 1 is 1.00 bits per heavy atom. The van der Waals surface area contributed by atoms with Crippen molar-refractivity contribution in [3.8, 4) is 0 Å². The largest absolute Gasteiger partial charge is 0.322 e. The number of nitrogens with one attached hydrogen (secondary N) is 2. The van der Waals surface area contributed by atoms with Crippen molar-refractivity contribution in [2.75, 3.05) is 10.0 Å². The molecule has 9 heteroatoms. The van der Waals surface area contributed by atoms with E-state index in [1.807, 2.05) is 12.1 Å². The van der Waals surface area contributed by atoms with Crippen molar-refractivity contribution in [2.24, 2.45) is 0 Å². The highest BCUT2D eigenvalue weighted by atomic mass is 127. The zero-order chi connectivity index (χ0) is 19.4. The highest BCUT2D eigenvalue weighted by molar-refractivity contribution is 14.1. The molecule has 3 rings (SSSR count). The summed E-state index contributed by atoms with van der Waals surface area (Å²) in [6.07, 6.45) is 1.48. The van der Waals surface area contributed by atoms with E-state index >= 15 is 0 Å². The van der Waals surface area contributed by atoms with Crippen LogP contribution >= 0.6 is 22.6 Å². The normalized spacial score (nSPS) is 11.0. The molecule has 0 atom stereocenters. The molecule has 138 valence electrons. The maximum Gasteiger partial charge on any atom is 0.264 e. The van der Waals surface area contributed by atoms with Crippen molar-refractivity contribution in [2.45, 2.75) is 11.8 Å². The van der Waals surface area contributed by atoms with E-state index in [1.165, 1.54) is 30.5 Å². The highest BCUT2D eigenvalue weighted by Gasteiger charge is 2.16. The summed E-state index contributed by atoms with van der Waals surface area (Å²) in [5.41, 5.74) is 1.66. The lowest BCUT2D eigenvalue weighted by Crippen LogP contribution is -2.15. The Balaban J connectivity index is 1.72. The van der Waals surface area contributed by atoms with Gasteiger partial charge in [0.15, 0.2) is 0 Å². The number of sulfonamides is 1. The van der Waals surface area contributed by atoms with Gasteiger partial charge in [-0.2, -0.15) is 0 Å². The number of aryl methyl sites for hydroxylation is 1. The topological polar surface area (TPSA) is 101 Å². The molecule has 0 fully saturated rings. The van der Waals surface area contributed by atoms with E-state index in [9.17, 15) is 13.2 Å². The molecule has 0 saturated heterocycles. The van der Waals surface area contributed by atoms with Crippen LogP contribution in [0.5, 0.6) is 0 Å². The fourth-order valence-electron chi connectivity index (χ4n) is 2.20. The zero-order valence-corrected chi connectivity index (χ0v) is 17.2. The molecule has 3 aromatic rings. The van der Waals surface area contributed by atoms with Gasteiger partial charge >= 0.3 is 0 Å². The minimum atomic E-state index is -3.82. The Morgan fingerprint density at radius 2 is 1.67 bits per heavy atom. The van der Waals surface area contributed by atoms with Gasteiger partial charge in [-0.1, -0.05) is 0 Å². The molecule has 0 radical (unpaired) electrons. The van der Waals surface area contributed by atoms with Crippen LogP contribution in [-0.4, -0.2) is 24.3 Å². The molecule has 27 heavy (non-hydrogen) atoms. The number of carbonyl (C=O) groups excluding carboxylic acids is 1. The van der Waals surface area contributed by atoms with Gasteiger partial charge in [-0.25, -0.2) is 23.1 Å². The van der Waals surface area contributed by atoms with Crippen LogP contribution in [0.15, 0.2) is 65.7 Å². The minimum absolute atomic E-state index is 0.00564. The average molecular weight is 494 g/mol. The van der Waals surface area contributed by atoms with Gasteiger partial charge in [0.25, 0.3) is 15.9 Å². The summed E-state index contributed by atoms with van der Waals surface area (Å²) in [7, 11) is -3.82. The van der Waals surface area contributed by atoms with Crippen LogP contribution < -0.4 is 10.0 Å². The number of carbonyl (C=O) groups is 1. The van der Waals surface area contributed by atoms with Crippen molar-refractivity contribution < 1.29 is 13.2 Å². The summed E-state index contributed by atoms with van der Waals surface area (Å²) >= 11 is 2.16. The molecule has 0 bridgehead atoms. The van der Waals surface area contributed by atoms with Crippen molar-refractivity contribution >= 4 is 50.2 Å². The summed E-state index contributed by atoms with van der Waals surface area (Å²) in [4.78, 5) is 20.2. The third kappa shape index (κ3) is 5.01. The van der Waals surface area contributed by atoms with Crippen LogP contribution in [0.1, 0.15) is 16.1 Å². The Bertz CT molecular complexity index is 1070. The number of amides is 1. The second-order valence-corrected chi connectivity index (χ2v) is 8.54. The van der Waals surface area contributed by atoms with E-state index in [2.05, 4.69) is 42.6 Å². The Kier molecular flexibility index (Phi) is 5.71. The fraction of sp³-hybridized carbons (Fsp3) is 0.0556. The summed E-state index contributed by atoms with van der Waals surface area (Å²) in [5, 5.41) is 2.73. The highest BCUT2D eigenvalue weighted by Crippen LogP contribution is 2.17. The molecule has 2 N–H and O–H groups in total. The zero-order valence-electron chi connectivity index (χ0n) is 14.2. The number of hydrogen-bond donors (Lipinski definition) is 2. The molecule has 1 aromatic heterocycles.